The van der Waals surface area contributed by atoms with Gasteiger partial charge in [-0.15, -0.1) is 0 Å². The molecular formula is C18H21N3. The standard InChI is InChI=1S/C18H21N3/c19-11-16(15-1-3-21-4-2-15)17(20)18-8-12-5-13(9-18)7-14(6-12)10-18/h1-4,12-14H,5-10,20H2/b17-16-. The van der Waals surface area contributed by atoms with Crippen LogP contribution in [-0.4, -0.2) is 4.98 Å². The van der Waals surface area contributed by atoms with E-state index in [4.69, 9.17) is 5.73 Å². The largest absolute Gasteiger partial charge is 0.400 e. The monoisotopic (exact) mass is 279 g/mol. The minimum absolute atomic E-state index is 0.100. The Morgan fingerprint density at radius 2 is 1.62 bits per heavy atom. The summed E-state index contributed by atoms with van der Waals surface area (Å²) < 4.78 is 0. The van der Waals surface area contributed by atoms with Crippen LogP contribution in [0.3, 0.4) is 0 Å². The van der Waals surface area contributed by atoms with Crippen molar-refractivity contribution in [3.8, 4) is 6.07 Å². The topological polar surface area (TPSA) is 62.7 Å². The molecule has 3 heteroatoms. The Morgan fingerprint density at radius 3 is 2.10 bits per heavy atom. The molecule has 4 aliphatic rings. The molecule has 3 nitrogen and oxygen atoms in total. The van der Waals surface area contributed by atoms with Crippen LogP contribution in [0.25, 0.3) is 5.57 Å². The first-order valence-electron chi connectivity index (χ1n) is 8.01. The Bertz CT molecular complexity index is 588. The maximum Gasteiger partial charge on any atom is 0.102 e. The van der Waals surface area contributed by atoms with Gasteiger partial charge in [-0.3, -0.25) is 4.98 Å². The van der Waals surface area contributed by atoms with E-state index >= 15 is 0 Å². The maximum atomic E-state index is 9.64. The lowest BCUT2D eigenvalue weighted by Crippen LogP contribution is -2.48. The summed E-state index contributed by atoms with van der Waals surface area (Å²) in [6.45, 7) is 0. The number of nitrogens with two attached hydrogens (primary N) is 1. The minimum Gasteiger partial charge on any atom is -0.400 e. The van der Waals surface area contributed by atoms with Crippen molar-refractivity contribution in [2.75, 3.05) is 0 Å². The number of nitriles is 1. The van der Waals surface area contributed by atoms with Gasteiger partial charge >= 0.3 is 0 Å². The summed E-state index contributed by atoms with van der Waals surface area (Å²) in [5.74, 6) is 2.52. The highest BCUT2D eigenvalue weighted by Crippen LogP contribution is 2.62. The molecule has 0 aliphatic heterocycles. The van der Waals surface area contributed by atoms with Crippen LogP contribution >= 0.6 is 0 Å². The van der Waals surface area contributed by atoms with Crippen molar-refractivity contribution in [3.05, 3.63) is 35.8 Å². The number of pyridine rings is 1. The van der Waals surface area contributed by atoms with Gasteiger partial charge in [0, 0.05) is 23.5 Å². The second-order valence-corrected chi connectivity index (χ2v) is 7.33. The fourth-order valence-electron chi connectivity index (χ4n) is 5.50. The Kier molecular flexibility index (Phi) is 2.82. The van der Waals surface area contributed by atoms with Gasteiger partial charge < -0.3 is 5.73 Å². The summed E-state index contributed by atoms with van der Waals surface area (Å²) in [5, 5.41) is 9.64. The van der Waals surface area contributed by atoms with Crippen molar-refractivity contribution < 1.29 is 0 Å². The number of hydrogen-bond acceptors (Lipinski definition) is 3. The molecule has 5 rings (SSSR count). The van der Waals surface area contributed by atoms with Gasteiger partial charge in [0.1, 0.15) is 6.07 Å². The van der Waals surface area contributed by atoms with Crippen LogP contribution in [0.2, 0.25) is 0 Å². The summed E-state index contributed by atoms with van der Waals surface area (Å²) in [4.78, 5) is 4.04. The van der Waals surface area contributed by atoms with Gasteiger partial charge in [0.15, 0.2) is 0 Å². The van der Waals surface area contributed by atoms with Crippen molar-refractivity contribution in [2.45, 2.75) is 38.5 Å². The van der Waals surface area contributed by atoms with Crippen molar-refractivity contribution in [1.29, 1.82) is 5.26 Å². The smallest absolute Gasteiger partial charge is 0.102 e. The second kappa shape index (κ2) is 4.59. The summed E-state index contributed by atoms with van der Waals surface area (Å²) >= 11 is 0. The number of rotatable bonds is 2. The molecule has 1 heterocycles. The van der Waals surface area contributed by atoms with Crippen LogP contribution in [-0.2, 0) is 0 Å². The highest BCUT2D eigenvalue weighted by atomic mass is 14.7. The molecule has 0 amide bonds. The lowest BCUT2D eigenvalue weighted by molar-refractivity contribution is -0.0307. The van der Waals surface area contributed by atoms with E-state index in [-0.39, 0.29) is 5.41 Å². The van der Waals surface area contributed by atoms with E-state index in [0.29, 0.717) is 5.57 Å². The van der Waals surface area contributed by atoms with E-state index in [1.165, 1.54) is 38.5 Å². The lowest BCUT2D eigenvalue weighted by atomic mass is 9.48. The first kappa shape index (κ1) is 12.9. The van der Waals surface area contributed by atoms with Crippen LogP contribution in [0.4, 0.5) is 0 Å². The van der Waals surface area contributed by atoms with E-state index < -0.39 is 0 Å². The summed E-state index contributed by atoms with van der Waals surface area (Å²) in [7, 11) is 0. The zero-order valence-corrected chi connectivity index (χ0v) is 12.3. The van der Waals surface area contributed by atoms with E-state index in [9.17, 15) is 5.26 Å². The number of aromatic nitrogens is 1. The van der Waals surface area contributed by atoms with Gasteiger partial charge in [-0.05, 0) is 74.0 Å². The van der Waals surface area contributed by atoms with E-state index in [1.54, 1.807) is 12.4 Å². The SMILES string of the molecule is N#C/C(=C(/N)C12CC3CC(CC(C3)C1)C2)c1ccncc1. The van der Waals surface area contributed by atoms with Crippen LogP contribution < -0.4 is 5.73 Å². The first-order valence-corrected chi connectivity index (χ1v) is 8.01. The minimum atomic E-state index is 0.100. The summed E-state index contributed by atoms with van der Waals surface area (Å²) in [6.07, 6.45) is 11.2. The van der Waals surface area contributed by atoms with Gasteiger partial charge in [-0.25, -0.2) is 0 Å². The fourth-order valence-corrected chi connectivity index (χ4v) is 5.50. The Labute approximate surface area is 125 Å². The van der Waals surface area contributed by atoms with Gasteiger partial charge in [0.2, 0.25) is 0 Å². The van der Waals surface area contributed by atoms with Crippen molar-refractivity contribution in [1.82, 2.24) is 4.98 Å². The molecule has 0 atom stereocenters. The summed E-state index contributed by atoms with van der Waals surface area (Å²) in [6, 6.07) is 6.16. The van der Waals surface area contributed by atoms with Gasteiger partial charge in [0.25, 0.3) is 0 Å². The van der Waals surface area contributed by atoms with E-state index in [0.717, 1.165) is 29.0 Å². The molecule has 0 radical (unpaired) electrons. The summed E-state index contributed by atoms with van der Waals surface area (Å²) in [5.41, 5.74) is 9.15. The number of nitrogens with zero attached hydrogens (tertiary/aromatic N) is 2. The Morgan fingerprint density at radius 1 is 1.10 bits per heavy atom. The molecule has 0 aromatic carbocycles. The molecule has 21 heavy (non-hydrogen) atoms. The molecule has 4 aliphatic carbocycles. The van der Waals surface area contributed by atoms with Crippen LogP contribution in [0, 0.1) is 34.5 Å². The van der Waals surface area contributed by atoms with Gasteiger partial charge in [0.05, 0.1) is 5.57 Å². The third-order valence-electron chi connectivity index (χ3n) is 5.96. The number of hydrogen-bond donors (Lipinski definition) is 1. The average molecular weight is 279 g/mol. The molecule has 0 saturated heterocycles. The third kappa shape index (κ3) is 1.97. The quantitative estimate of drug-likeness (QED) is 0.843. The predicted molar refractivity (Wildman–Crippen MR) is 81.6 cm³/mol. The van der Waals surface area contributed by atoms with Crippen molar-refractivity contribution in [2.24, 2.45) is 28.9 Å². The molecule has 4 fully saturated rings. The highest BCUT2D eigenvalue weighted by molar-refractivity contribution is 5.79. The molecule has 1 aromatic rings. The van der Waals surface area contributed by atoms with Crippen LogP contribution in [0.15, 0.2) is 30.2 Å². The zero-order chi connectivity index (χ0) is 14.4. The lowest BCUT2D eigenvalue weighted by Gasteiger charge is -2.57. The van der Waals surface area contributed by atoms with Crippen molar-refractivity contribution in [3.63, 3.8) is 0 Å². The molecule has 0 unspecified atom stereocenters. The Hall–Kier alpha value is -1.82. The second-order valence-electron chi connectivity index (χ2n) is 7.33. The van der Waals surface area contributed by atoms with E-state index in [2.05, 4.69) is 11.1 Å². The average Bonchev–Trinajstić information content (AvgIpc) is 2.47. The molecule has 108 valence electrons. The predicted octanol–water partition coefficient (Wildman–Crippen LogP) is 3.49. The highest BCUT2D eigenvalue weighted by Gasteiger charge is 2.52. The molecule has 2 N–H and O–H groups in total. The molecule has 1 aromatic heterocycles. The van der Waals surface area contributed by atoms with E-state index in [1.807, 2.05) is 12.1 Å². The third-order valence-corrected chi connectivity index (χ3v) is 5.96. The van der Waals surface area contributed by atoms with Gasteiger partial charge in [-0.1, -0.05) is 0 Å². The normalized spacial score (nSPS) is 38.0. The zero-order valence-electron chi connectivity index (χ0n) is 12.3. The maximum absolute atomic E-state index is 9.64. The fraction of sp³-hybridized carbons (Fsp3) is 0.556. The molecule has 4 bridgehead atoms. The Balaban J connectivity index is 1.78. The molecular weight excluding hydrogens is 258 g/mol. The van der Waals surface area contributed by atoms with Gasteiger partial charge in [-0.2, -0.15) is 5.26 Å². The van der Waals surface area contributed by atoms with Crippen LogP contribution in [0.1, 0.15) is 44.1 Å². The number of allylic oxidation sites excluding steroid dienone is 2. The van der Waals surface area contributed by atoms with Crippen molar-refractivity contribution >= 4 is 5.57 Å². The van der Waals surface area contributed by atoms with Crippen LogP contribution in [0.5, 0.6) is 0 Å². The first-order chi connectivity index (χ1) is 10.2. The molecule has 4 saturated carbocycles. The molecule has 0 spiro atoms.